The van der Waals surface area contributed by atoms with Crippen molar-refractivity contribution in [3.05, 3.63) is 54.2 Å². The quantitative estimate of drug-likeness (QED) is 0.454. The average Bonchev–Trinajstić information content (AvgIpc) is 2.64. The first-order valence-electron chi connectivity index (χ1n) is 4.31. The highest BCUT2D eigenvalue weighted by molar-refractivity contribution is 14.1. The Hall–Kier alpha value is 0.420. The van der Waals surface area contributed by atoms with Crippen LogP contribution in [0, 0.1) is 3.57 Å². The Labute approximate surface area is 120 Å². The molecule has 78 valence electrons. The number of alkyl halides is 1. The predicted octanol–water partition coefficient (Wildman–Crippen LogP) is 5.44. The first-order valence-corrected chi connectivity index (χ1v) is 7.50. The van der Waals surface area contributed by atoms with E-state index in [-0.39, 0.29) is 5.38 Å². The van der Waals surface area contributed by atoms with Gasteiger partial charge in [-0.1, -0.05) is 18.2 Å². The van der Waals surface area contributed by atoms with Gasteiger partial charge in [-0.05, 0) is 61.6 Å². The predicted molar refractivity (Wildman–Crippen MR) is 78.9 cm³/mol. The molecule has 0 nitrogen and oxygen atoms in total. The van der Waals surface area contributed by atoms with Gasteiger partial charge in [0.05, 0.1) is 5.38 Å². The van der Waals surface area contributed by atoms with Gasteiger partial charge >= 0.3 is 0 Å². The molecule has 0 bridgehead atoms. The van der Waals surface area contributed by atoms with Crippen molar-refractivity contribution < 1.29 is 0 Å². The summed E-state index contributed by atoms with van der Waals surface area (Å²) in [6.45, 7) is 0. The van der Waals surface area contributed by atoms with Crippen molar-refractivity contribution in [2.45, 2.75) is 5.38 Å². The Balaban J connectivity index is 2.41. The van der Waals surface area contributed by atoms with Crippen molar-refractivity contribution in [1.29, 1.82) is 0 Å². The lowest BCUT2D eigenvalue weighted by Gasteiger charge is -2.10. The van der Waals surface area contributed by atoms with E-state index in [0.717, 1.165) is 4.47 Å². The van der Waals surface area contributed by atoms with E-state index in [1.807, 2.05) is 23.6 Å². The fourth-order valence-corrected chi connectivity index (χ4v) is 4.38. The molecule has 0 saturated carbocycles. The molecule has 1 atom stereocenters. The van der Waals surface area contributed by atoms with Crippen molar-refractivity contribution in [3.63, 3.8) is 0 Å². The van der Waals surface area contributed by atoms with Crippen LogP contribution in [0.4, 0.5) is 0 Å². The molecule has 1 unspecified atom stereocenters. The maximum absolute atomic E-state index is 6.46. The third-order valence-electron chi connectivity index (χ3n) is 2.05. The molecule has 1 heterocycles. The van der Waals surface area contributed by atoms with Crippen LogP contribution in [0.2, 0.25) is 0 Å². The van der Waals surface area contributed by atoms with Crippen LogP contribution in [-0.4, -0.2) is 0 Å². The zero-order chi connectivity index (χ0) is 10.8. The molecule has 4 heteroatoms. The Morgan fingerprint density at radius 1 is 1.27 bits per heavy atom. The summed E-state index contributed by atoms with van der Waals surface area (Å²) in [7, 11) is 0. The fraction of sp³-hybridized carbons (Fsp3) is 0.0909. The maximum atomic E-state index is 6.46. The van der Waals surface area contributed by atoms with E-state index in [9.17, 15) is 0 Å². The van der Waals surface area contributed by atoms with Crippen molar-refractivity contribution in [1.82, 2.24) is 0 Å². The highest BCUT2D eigenvalue weighted by atomic mass is 127. The zero-order valence-electron chi connectivity index (χ0n) is 7.58. The standard InChI is InChI=1S/C11H7BrClIS/c12-8-5-6-15-11(8)10(13)7-3-1-2-4-9(7)14/h1-6,10H. The Morgan fingerprint density at radius 2 is 2.00 bits per heavy atom. The van der Waals surface area contributed by atoms with Crippen LogP contribution in [0.5, 0.6) is 0 Å². The molecule has 0 fully saturated rings. The molecular formula is C11H7BrClIS. The van der Waals surface area contributed by atoms with E-state index in [1.165, 1.54) is 14.0 Å². The second-order valence-electron chi connectivity index (χ2n) is 3.02. The normalized spacial score (nSPS) is 12.7. The summed E-state index contributed by atoms with van der Waals surface area (Å²) in [5.41, 5.74) is 1.17. The first-order chi connectivity index (χ1) is 7.20. The number of halogens is 3. The highest BCUT2D eigenvalue weighted by Gasteiger charge is 2.17. The topological polar surface area (TPSA) is 0 Å². The second kappa shape index (κ2) is 5.17. The van der Waals surface area contributed by atoms with Gasteiger partial charge in [0.15, 0.2) is 0 Å². The van der Waals surface area contributed by atoms with Gasteiger partial charge < -0.3 is 0 Å². The van der Waals surface area contributed by atoms with Crippen molar-refractivity contribution in [3.8, 4) is 0 Å². The number of hydrogen-bond acceptors (Lipinski definition) is 1. The Kier molecular flexibility index (Phi) is 4.10. The zero-order valence-corrected chi connectivity index (χ0v) is 12.9. The van der Waals surface area contributed by atoms with E-state index in [4.69, 9.17) is 11.6 Å². The van der Waals surface area contributed by atoms with Gasteiger partial charge in [-0.25, -0.2) is 0 Å². The third kappa shape index (κ3) is 2.57. The van der Waals surface area contributed by atoms with Crippen molar-refractivity contribution in [2.75, 3.05) is 0 Å². The minimum Gasteiger partial charge on any atom is -0.146 e. The van der Waals surface area contributed by atoms with Gasteiger partial charge in [0.25, 0.3) is 0 Å². The number of thiophene rings is 1. The molecule has 1 aromatic carbocycles. The van der Waals surface area contributed by atoms with Crippen molar-refractivity contribution in [2.24, 2.45) is 0 Å². The largest absolute Gasteiger partial charge is 0.146 e. The van der Waals surface area contributed by atoms with Crippen molar-refractivity contribution >= 4 is 61.5 Å². The van der Waals surface area contributed by atoms with Crippen LogP contribution >= 0.6 is 61.5 Å². The van der Waals surface area contributed by atoms with Crippen LogP contribution in [-0.2, 0) is 0 Å². The minimum absolute atomic E-state index is 0.0625. The summed E-state index contributed by atoms with van der Waals surface area (Å²) in [5, 5.41) is 1.98. The van der Waals surface area contributed by atoms with E-state index in [2.05, 4.69) is 50.7 Å². The molecule has 0 aliphatic carbocycles. The van der Waals surface area contributed by atoms with Crippen LogP contribution in [0.15, 0.2) is 40.2 Å². The molecule has 0 N–H and O–H groups in total. The summed E-state index contributed by atoms with van der Waals surface area (Å²) in [6, 6.07) is 10.2. The van der Waals surface area contributed by atoms with Crippen LogP contribution in [0.25, 0.3) is 0 Å². The lowest BCUT2D eigenvalue weighted by atomic mass is 10.1. The molecule has 0 spiro atoms. The van der Waals surface area contributed by atoms with E-state index in [0.29, 0.717) is 0 Å². The summed E-state index contributed by atoms with van der Waals surface area (Å²) in [5.74, 6) is 0. The molecule has 1 aromatic heterocycles. The molecule has 2 aromatic rings. The lowest BCUT2D eigenvalue weighted by Crippen LogP contribution is -1.93. The van der Waals surface area contributed by atoms with Gasteiger partial charge in [0.2, 0.25) is 0 Å². The summed E-state index contributed by atoms with van der Waals surface area (Å²) >= 11 is 14.0. The fourth-order valence-electron chi connectivity index (χ4n) is 1.31. The van der Waals surface area contributed by atoms with Gasteiger partial charge in [0.1, 0.15) is 0 Å². The van der Waals surface area contributed by atoms with Crippen LogP contribution < -0.4 is 0 Å². The average molecular weight is 414 g/mol. The molecule has 0 amide bonds. The first kappa shape index (κ1) is 11.9. The third-order valence-corrected chi connectivity index (χ3v) is 5.55. The number of rotatable bonds is 2. The van der Waals surface area contributed by atoms with Crippen LogP contribution in [0.3, 0.4) is 0 Å². The van der Waals surface area contributed by atoms with Gasteiger partial charge in [0, 0.05) is 12.9 Å². The molecule has 15 heavy (non-hydrogen) atoms. The highest BCUT2D eigenvalue weighted by Crippen LogP contribution is 2.38. The smallest absolute Gasteiger partial charge is 0.0949 e. The monoisotopic (exact) mass is 412 g/mol. The summed E-state index contributed by atoms with van der Waals surface area (Å²) in [6.07, 6.45) is 0. The number of hydrogen-bond donors (Lipinski definition) is 0. The second-order valence-corrected chi connectivity index (χ2v) is 6.42. The molecule has 0 aliphatic heterocycles. The van der Waals surface area contributed by atoms with Gasteiger partial charge in [-0.15, -0.1) is 22.9 Å². The van der Waals surface area contributed by atoms with Gasteiger partial charge in [-0.3, -0.25) is 0 Å². The lowest BCUT2D eigenvalue weighted by molar-refractivity contribution is 1.16. The van der Waals surface area contributed by atoms with E-state index >= 15 is 0 Å². The SMILES string of the molecule is ClC(c1ccccc1I)c1sccc1Br. The Bertz CT molecular complexity index is 469. The molecule has 0 saturated heterocycles. The molecule has 0 radical (unpaired) electrons. The summed E-state index contributed by atoms with van der Waals surface area (Å²) < 4.78 is 2.29. The number of benzene rings is 1. The Morgan fingerprint density at radius 3 is 2.60 bits per heavy atom. The summed E-state index contributed by atoms with van der Waals surface area (Å²) in [4.78, 5) is 1.17. The maximum Gasteiger partial charge on any atom is 0.0949 e. The molecular weight excluding hydrogens is 406 g/mol. The van der Waals surface area contributed by atoms with E-state index < -0.39 is 0 Å². The minimum atomic E-state index is -0.0625. The van der Waals surface area contributed by atoms with Gasteiger partial charge in [-0.2, -0.15) is 0 Å². The van der Waals surface area contributed by atoms with E-state index in [1.54, 1.807) is 11.3 Å². The molecule has 0 aliphatic rings. The van der Waals surface area contributed by atoms with Crippen LogP contribution in [0.1, 0.15) is 15.8 Å². The molecule has 2 rings (SSSR count).